The van der Waals surface area contributed by atoms with Crippen molar-refractivity contribution in [2.24, 2.45) is 0 Å². The average Bonchev–Trinajstić information content (AvgIpc) is 3.16. The molecule has 1 atom stereocenters. The number of nitrogens with one attached hydrogen (secondary N) is 1. The number of methoxy groups -OCH3 is 1. The molecule has 0 heterocycles. The molecule has 0 saturated heterocycles. The van der Waals surface area contributed by atoms with Gasteiger partial charge in [0.05, 0.1) is 19.3 Å². The van der Waals surface area contributed by atoms with Gasteiger partial charge in [-0.1, -0.05) is 6.92 Å². The van der Waals surface area contributed by atoms with Crippen LogP contribution in [0, 0.1) is 11.3 Å². The van der Waals surface area contributed by atoms with Gasteiger partial charge < -0.3 is 9.47 Å². The Morgan fingerprint density at radius 1 is 1.35 bits per heavy atom. The van der Waals surface area contributed by atoms with Crippen molar-refractivity contribution in [1.29, 1.82) is 5.26 Å². The maximum Gasteiger partial charge on any atom is 0.106 e. The van der Waals surface area contributed by atoms with Crippen molar-refractivity contribution in [3.8, 4) is 6.07 Å². The molecular formula is C13H24N2O2. The molecule has 1 rings (SSSR count). The molecule has 0 aromatic carbocycles. The lowest BCUT2D eigenvalue weighted by Gasteiger charge is -2.26. The lowest BCUT2D eigenvalue weighted by molar-refractivity contribution is 0.0665. The van der Waals surface area contributed by atoms with Gasteiger partial charge in [0, 0.05) is 19.8 Å². The van der Waals surface area contributed by atoms with Crippen molar-refractivity contribution in [2.45, 2.75) is 50.6 Å². The van der Waals surface area contributed by atoms with Crippen molar-refractivity contribution >= 4 is 0 Å². The zero-order valence-corrected chi connectivity index (χ0v) is 11.0. The highest BCUT2D eigenvalue weighted by Gasteiger charge is 2.34. The molecule has 0 aliphatic heterocycles. The molecule has 4 nitrogen and oxygen atoms in total. The van der Waals surface area contributed by atoms with Gasteiger partial charge in [-0.15, -0.1) is 0 Å². The van der Waals surface area contributed by atoms with Crippen LogP contribution in [0.2, 0.25) is 0 Å². The van der Waals surface area contributed by atoms with E-state index in [-0.39, 0.29) is 5.54 Å². The smallest absolute Gasteiger partial charge is 0.106 e. The molecule has 1 N–H and O–H groups in total. The molecule has 0 amide bonds. The Morgan fingerprint density at radius 3 is 2.65 bits per heavy atom. The highest BCUT2D eigenvalue weighted by molar-refractivity contribution is 5.09. The van der Waals surface area contributed by atoms with E-state index < -0.39 is 0 Å². The molecular weight excluding hydrogens is 216 g/mol. The Bertz CT molecular complexity index is 248. The summed E-state index contributed by atoms with van der Waals surface area (Å²) in [7, 11) is 1.67. The Hall–Kier alpha value is -0.630. The topological polar surface area (TPSA) is 54.3 Å². The van der Waals surface area contributed by atoms with Crippen LogP contribution in [0.5, 0.6) is 0 Å². The van der Waals surface area contributed by atoms with E-state index in [9.17, 15) is 5.26 Å². The summed E-state index contributed by atoms with van der Waals surface area (Å²) in [6.45, 7) is 4.05. The van der Waals surface area contributed by atoms with Gasteiger partial charge in [-0.05, 0) is 32.1 Å². The second-order valence-electron chi connectivity index (χ2n) is 4.67. The van der Waals surface area contributed by atoms with Crippen LogP contribution in [0.1, 0.15) is 39.0 Å². The first-order valence-electron chi connectivity index (χ1n) is 6.52. The predicted octanol–water partition coefficient (Wildman–Crippen LogP) is 1.85. The van der Waals surface area contributed by atoms with Crippen LogP contribution in [-0.2, 0) is 9.47 Å². The highest BCUT2D eigenvalue weighted by Crippen LogP contribution is 2.26. The molecule has 1 unspecified atom stereocenters. The minimum atomic E-state index is -0.341. The molecule has 1 aliphatic carbocycles. The number of nitrogens with zero attached hydrogens (tertiary/aromatic N) is 1. The van der Waals surface area contributed by atoms with Gasteiger partial charge in [-0.25, -0.2) is 0 Å². The standard InChI is InChI=1S/C13H24N2O2/c1-3-13(11-14,15-12-5-6-12)7-4-8-17-10-9-16-2/h12,15H,3-10H2,1-2H3. The minimum Gasteiger partial charge on any atom is -0.382 e. The third kappa shape index (κ3) is 5.49. The lowest BCUT2D eigenvalue weighted by atomic mass is 9.92. The number of rotatable bonds is 10. The third-order valence-electron chi connectivity index (χ3n) is 3.20. The second-order valence-corrected chi connectivity index (χ2v) is 4.67. The SMILES string of the molecule is CCC(C#N)(CCCOCCOC)NC1CC1. The van der Waals surface area contributed by atoms with E-state index >= 15 is 0 Å². The average molecular weight is 240 g/mol. The molecule has 1 fully saturated rings. The summed E-state index contributed by atoms with van der Waals surface area (Å²) in [5.74, 6) is 0. The zero-order valence-electron chi connectivity index (χ0n) is 11.0. The van der Waals surface area contributed by atoms with Crippen LogP contribution in [0.25, 0.3) is 0 Å². The molecule has 17 heavy (non-hydrogen) atoms. The Labute approximate surface area is 104 Å². The first-order valence-corrected chi connectivity index (χ1v) is 6.52. The second kappa shape index (κ2) is 7.65. The molecule has 1 aliphatic rings. The van der Waals surface area contributed by atoms with E-state index in [1.165, 1.54) is 12.8 Å². The summed E-state index contributed by atoms with van der Waals surface area (Å²) >= 11 is 0. The predicted molar refractivity (Wildman–Crippen MR) is 66.7 cm³/mol. The van der Waals surface area contributed by atoms with E-state index in [0.717, 1.165) is 19.3 Å². The quantitative estimate of drug-likeness (QED) is 0.592. The summed E-state index contributed by atoms with van der Waals surface area (Å²) in [6.07, 6.45) is 5.08. The molecule has 0 spiro atoms. The molecule has 0 radical (unpaired) electrons. The van der Waals surface area contributed by atoms with Crippen LogP contribution >= 0.6 is 0 Å². The van der Waals surface area contributed by atoms with Gasteiger partial charge in [-0.3, -0.25) is 5.32 Å². The van der Waals surface area contributed by atoms with E-state index in [4.69, 9.17) is 9.47 Å². The number of hydrogen-bond acceptors (Lipinski definition) is 4. The Balaban J connectivity index is 2.17. The van der Waals surface area contributed by atoms with Crippen LogP contribution in [0.4, 0.5) is 0 Å². The monoisotopic (exact) mass is 240 g/mol. The van der Waals surface area contributed by atoms with Crippen molar-refractivity contribution in [2.75, 3.05) is 26.9 Å². The Kier molecular flexibility index (Phi) is 6.49. The van der Waals surface area contributed by atoms with Gasteiger partial charge in [0.1, 0.15) is 5.54 Å². The third-order valence-corrected chi connectivity index (χ3v) is 3.20. The highest BCUT2D eigenvalue weighted by atomic mass is 16.5. The summed E-state index contributed by atoms with van der Waals surface area (Å²) in [4.78, 5) is 0. The van der Waals surface area contributed by atoms with E-state index in [2.05, 4.69) is 18.3 Å². The molecule has 1 saturated carbocycles. The maximum absolute atomic E-state index is 9.32. The van der Waals surface area contributed by atoms with Gasteiger partial charge in [0.25, 0.3) is 0 Å². The summed E-state index contributed by atoms with van der Waals surface area (Å²) in [6, 6.07) is 3.02. The number of nitriles is 1. The molecule has 0 bridgehead atoms. The van der Waals surface area contributed by atoms with Crippen molar-refractivity contribution in [1.82, 2.24) is 5.32 Å². The van der Waals surface area contributed by atoms with Gasteiger partial charge in [-0.2, -0.15) is 5.26 Å². The van der Waals surface area contributed by atoms with Crippen molar-refractivity contribution in [3.63, 3.8) is 0 Å². The van der Waals surface area contributed by atoms with Gasteiger partial charge in [0.2, 0.25) is 0 Å². The normalized spacial score (nSPS) is 18.6. The van der Waals surface area contributed by atoms with Crippen LogP contribution in [0.15, 0.2) is 0 Å². The lowest BCUT2D eigenvalue weighted by Crippen LogP contribution is -2.44. The maximum atomic E-state index is 9.32. The fourth-order valence-electron chi connectivity index (χ4n) is 1.86. The van der Waals surface area contributed by atoms with Crippen molar-refractivity contribution in [3.05, 3.63) is 0 Å². The van der Waals surface area contributed by atoms with Crippen molar-refractivity contribution < 1.29 is 9.47 Å². The first-order chi connectivity index (χ1) is 8.26. The molecule has 98 valence electrons. The minimum absolute atomic E-state index is 0.341. The van der Waals surface area contributed by atoms with Crippen LogP contribution < -0.4 is 5.32 Å². The summed E-state index contributed by atoms with van der Waals surface area (Å²) in [5.41, 5.74) is -0.341. The fourth-order valence-corrected chi connectivity index (χ4v) is 1.86. The molecule has 0 aromatic rings. The summed E-state index contributed by atoms with van der Waals surface area (Å²) in [5, 5.41) is 12.8. The number of hydrogen-bond donors (Lipinski definition) is 1. The van der Waals surface area contributed by atoms with Gasteiger partial charge >= 0.3 is 0 Å². The van der Waals surface area contributed by atoms with E-state index in [0.29, 0.717) is 25.9 Å². The first kappa shape index (κ1) is 14.4. The fraction of sp³-hybridized carbons (Fsp3) is 0.923. The number of ether oxygens (including phenoxy) is 2. The molecule has 0 aromatic heterocycles. The summed E-state index contributed by atoms with van der Waals surface area (Å²) < 4.78 is 10.3. The Morgan fingerprint density at radius 2 is 2.12 bits per heavy atom. The van der Waals surface area contributed by atoms with Crippen LogP contribution in [0.3, 0.4) is 0 Å². The zero-order chi connectivity index (χ0) is 12.6. The molecule has 4 heteroatoms. The van der Waals surface area contributed by atoms with Crippen LogP contribution in [-0.4, -0.2) is 38.5 Å². The van der Waals surface area contributed by atoms with Gasteiger partial charge in [0.15, 0.2) is 0 Å². The van der Waals surface area contributed by atoms with E-state index in [1.54, 1.807) is 7.11 Å². The largest absolute Gasteiger partial charge is 0.382 e. The van der Waals surface area contributed by atoms with E-state index in [1.807, 2.05) is 0 Å².